The molecule has 3 aromatic carbocycles. The Hall–Kier alpha value is -3.92. The van der Waals surface area contributed by atoms with Crippen LogP contribution in [0.2, 0.25) is 0 Å². The van der Waals surface area contributed by atoms with Crippen molar-refractivity contribution in [3.05, 3.63) is 102 Å². The smallest absolute Gasteiger partial charge is 0.197 e. The lowest BCUT2D eigenvalue weighted by Crippen LogP contribution is -2.05. The Morgan fingerprint density at radius 2 is 1.71 bits per heavy atom. The minimum Gasteiger partial charge on any atom is -0.360 e. The van der Waals surface area contributed by atoms with Crippen LogP contribution in [-0.2, 0) is 0 Å². The molecule has 0 amide bonds. The fraction of sp³-hybridized carbons (Fsp3) is 0. The molecule has 5 rings (SSSR count). The number of para-hydroxylation sites is 2. The maximum absolute atomic E-state index is 13.3. The van der Waals surface area contributed by atoms with E-state index in [2.05, 4.69) is 15.3 Å². The van der Waals surface area contributed by atoms with E-state index in [0.29, 0.717) is 11.1 Å². The topological polar surface area (TPSA) is 57.8 Å². The van der Waals surface area contributed by atoms with Gasteiger partial charge in [-0.3, -0.25) is 9.78 Å². The number of aromatic nitrogens is 2. The summed E-state index contributed by atoms with van der Waals surface area (Å²) in [4.78, 5) is 20.8. The number of H-pyrrole nitrogens is 1. The molecule has 0 unspecified atom stereocenters. The van der Waals surface area contributed by atoms with E-state index in [-0.39, 0.29) is 5.78 Å². The highest BCUT2D eigenvalue weighted by molar-refractivity contribution is 6.18. The van der Waals surface area contributed by atoms with Crippen LogP contribution in [0.1, 0.15) is 15.9 Å². The maximum atomic E-state index is 13.3. The van der Waals surface area contributed by atoms with Crippen LogP contribution < -0.4 is 5.32 Å². The molecule has 2 N–H and O–H groups in total. The molecular weight excluding hydrogens is 346 g/mol. The summed E-state index contributed by atoms with van der Waals surface area (Å²) in [6, 6.07) is 25.4. The summed E-state index contributed by atoms with van der Waals surface area (Å²) >= 11 is 0. The van der Waals surface area contributed by atoms with Crippen LogP contribution >= 0.6 is 0 Å². The largest absolute Gasteiger partial charge is 0.360 e. The molecule has 5 aromatic rings. The molecule has 0 aliphatic rings. The van der Waals surface area contributed by atoms with Crippen LogP contribution in [0.25, 0.3) is 21.8 Å². The fourth-order valence-electron chi connectivity index (χ4n) is 3.50. The highest BCUT2D eigenvalue weighted by Gasteiger charge is 2.17. The number of ketones is 1. The molecule has 0 atom stereocenters. The normalized spacial score (nSPS) is 11.0. The Morgan fingerprint density at radius 1 is 0.857 bits per heavy atom. The van der Waals surface area contributed by atoms with Gasteiger partial charge < -0.3 is 10.3 Å². The number of carbonyl (C=O) groups is 1. The van der Waals surface area contributed by atoms with Gasteiger partial charge >= 0.3 is 0 Å². The minimum atomic E-state index is -0.0111. The summed E-state index contributed by atoms with van der Waals surface area (Å²) in [5.74, 6) is -0.0111. The lowest BCUT2D eigenvalue weighted by atomic mass is 10.0. The zero-order valence-electron chi connectivity index (χ0n) is 15.0. The lowest BCUT2D eigenvalue weighted by Gasteiger charge is -2.12. The molecule has 0 radical (unpaired) electrons. The van der Waals surface area contributed by atoms with Gasteiger partial charge in [-0.05, 0) is 42.5 Å². The molecule has 0 saturated carbocycles. The first kappa shape index (κ1) is 16.3. The van der Waals surface area contributed by atoms with Gasteiger partial charge in [-0.15, -0.1) is 0 Å². The lowest BCUT2D eigenvalue weighted by molar-refractivity contribution is 0.104. The van der Waals surface area contributed by atoms with E-state index < -0.39 is 0 Å². The Labute approximate surface area is 161 Å². The van der Waals surface area contributed by atoms with Crippen molar-refractivity contribution in [3.8, 4) is 0 Å². The van der Waals surface area contributed by atoms with Gasteiger partial charge in [0.2, 0.25) is 0 Å². The number of rotatable bonds is 4. The molecule has 4 heteroatoms. The molecule has 28 heavy (non-hydrogen) atoms. The van der Waals surface area contributed by atoms with E-state index in [1.165, 1.54) is 0 Å². The predicted molar refractivity (Wildman–Crippen MR) is 113 cm³/mol. The Kier molecular flexibility index (Phi) is 3.87. The Bertz CT molecular complexity index is 1320. The zero-order valence-corrected chi connectivity index (χ0v) is 15.0. The average molecular weight is 363 g/mol. The summed E-state index contributed by atoms with van der Waals surface area (Å²) in [6.07, 6.45) is 3.57. The van der Waals surface area contributed by atoms with Crippen LogP contribution in [0.15, 0.2) is 91.3 Å². The van der Waals surface area contributed by atoms with Gasteiger partial charge in [-0.1, -0.05) is 36.4 Å². The molecule has 0 bridgehead atoms. The standard InChI is InChI=1S/C24H17N3O/c28-24(20-15-26-22-9-3-1-7-18(20)22)19-8-2-4-10-23(19)27-17-11-12-21-16(14-17)6-5-13-25-21/h1-15,26-27H. The summed E-state index contributed by atoms with van der Waals surface area (Å²) < 4.78 is 0. The highest BCUT2D eigenvalue weighted by atomic mass is 16.1. The van der Waals surface area contributed by atoms with E-state index >= 15 is 0 Å². The van der Waals surface area contributed by atoms with Crippen molar-refractivity contribution in [2.45, 2.75) is 0 Å². The van der Waals surface area contributed by atoms with Crippen molar-refractivity contribution in [2.75, 3.05) is 5.32 Å². The Morgan fingerprint density at radius 3 is 2.68 bits per heavy atom. The summed E-state index contributed by atoms with van der Waals surface area (Å²) in [5, 5.41) is 5.38. The number of aromatic amines is 1. The quantitative estimate of drug-likeness (QED) is 0.403. The third-order valence-electron chi connectivity index (χ3n) is 4.89. The molecule has 0 aliphatic carbocycles. The average Bonchev–Trinajstić information content (AvgIpc) is 3.18. The van der Waals surface area contributed by atoms with Gasteiger partial charge in [0, 0.05) is 51.2 Å². The van der Waals surface area contributed by atoms with Crippen molar-refractivity contribution >= 4 is 39.0 Å². The van der Waals surface area contributed by atoms with E-state index in [1.807, 2.05) is 78.9 Å². The third-order valence-corrected chi connectivity index (χ3v) is 4.89. The van der Waals surface area contributed by atoms with Crippen LogP contribution in [0.4, 0.5) is 11.4 Å². The first-order chi connectivity index (χ1) is 13.8. The van der Waals surface area contributed by atoms with Gasteiger partial charge in [-0.25, -0.2) is 0 Å². The molecule has 0 spiro atoms. The van der Waals surface area contributed by atoms with Crippen molar-refractivity contribution in [1.29, 1.82) is 0 Å². The monoisotopic (exact) mass is 363 g/mol. The van der Waals surface area contributed by atoms with E-state index in [9.17, 15) is 4.79 Å². The van der Waals surface area contributed by atoms with Gasteiger partial charge in [-0.2, -0.15) is 0 Å². The first-order valence-electron chi connectivity index (χ1n) is 9.11. The number of pyridine rings is 1. The second-order valence-electron chi connectivity index (χ2n) is 6.66. The number of hydrogen-bond donors (Lipinski definition) is 2. The van der Waals surface area contributed by atoms with Crippen LogP contribution in [0.5, 0.6) is 0 Å². The summed E-state index contributed by atoms with van der Waals surface area (Å²) in [6.45, 7) is 0. The third kappa shape index (κ3) is 2.81. The van der Waals surface area contributed by atoms with E-state index in [1.54, 1.807) is 12.4 Å². The van der Waals surface area contributed by atoms with Gasteiger partial charge in [0.1, 0.15) is 0 Å². The molecule has 134 valence electrons. The van der Waals surface area contributed by atoms with Crippen LogP contribution in [0, 0.1) is 0 Å². The number of nitrogens with zero attached hydrogens (tertiary/aromatic N) is 1. The van der Waals surface area contributed by atoms with Crippen molar-refractivity contribution < 1.29 is 4.79 Å². The maximum Gasteiger partial charge on any atom is 0.197 e. The first-order valence-corrected chi connectivity index (χ1v) is 9.11. The van der Waals surface area contributed by atoms with Gasteiger partial charge in [0.15, 0.2) is 5.78 Å². The number of hydrogen-bond acceptors (Lipinski definition) is 3. The van der Waals surface area contributed by atoms with Crippen molar-refractivity contribution in [2.24, 2.45) is 0 Å². The van der Waals surface area contributed by atoms with Crippen LogP contribution in [-0.4, -0.2) is 15.8 Å². The number of carbonyl (C=O) groups excluding carboxylic acids is 1. The summed E-state index contributed by atoms with van der Waals surface area (Å²) in [7, 11) is 0. The second kappa shape index (κ2) is 6.67. The summed E-state index contributed by atoms with van der Waals surface area (Å²) in [5.41, 5.74) is 4.90. The molecule has 0 aliphatic heterocycles. The molecule has 4 nitrogen and oxygen atoms in total. The fourth-order valence-corrected chi connectivity index (χ4v) is 3.50. The molecular formula is C24H17N3O. The van der Waals surface area contributed by atoms with E-state index in [0.717, 1.165) is 33.2 Å². The second-order valence-corrected chi connectivity index (χ2v) is 6.66. The predicted octanol–water partition coefficient (Wildman–Crippen LogP) is 5.69. The SMILES string of the molecule is O=C(c1ccccc1Nc1ccc2ncccc2c1)c1c[nH]c2ccccc12. The minimum absolute atomic E-state index is 0.0111. The highest BCUT2D eigenvalue weighted by Crippen LogP contribution is 2.27. The molecule has 2 heterocycles. The number of benzene rings is 3. The van der Waals surface area contributed by atoms with Gasteiger partial charge in [0.05, 0.1) is 5.52 Å². The number of anilines is 2. The van der Waals surface area contributed by atoms with Crippen molar-refractivity contribution in [3.63, 3.8) is 0 Å². The van der Waals surface area contributed by atoms with Crippen LogP contribution in [0.3, 0.4) is 0 Å². The number of fused-ring (bicyclic) bond motifs is 2. The van der Waals surface area contributed by atoms with E-state index in [4.69, 9.17) is 0 Å². The zero-order chi connectivity index (χ0) is 18.9. The molecule has 0 fully saturated rings. The Balaban J connectivity index is 1.54. The molecule has 0 saturated heterocycles. The molecule has 2 aromatic heterocycles. The number of nitrogens with one attached hydrogen (secondary N) is 2. The van der Waals surface area contributed by atoms with Gasteiger partial charge in [0.25, 0.3) is 0 Å². The van der Waals surface area contributed by atoms with Crippen molar-refractivity contribution in [1.82, 2.24) is 9.97 Å².